The molecule has 2 nitrogen and oxygen atoms in total. The Balaban J connectivity index is 2.75. The average molecular weight is 240 g/mol. The molecule has 0 aliphatic carbocycles. The Bertz CT molecular complexity index is 317. The first-order valence-electron chi connectivity index (χ1n) is 5.92. The molecule has 1 aromatic heterocycles. The first-order chi connectivity index (χ1) is 7.34. The van der Waals surface area contributed by atoms with E-state index in [9.17, 15) is 0 Å². The minimum absolute atomic E-state index is 0.330. The van der Waals surface area contributed by atoms with E-state index in [2.05, 4.69) is 44.9 Å². The maximum Gasteiger partial charge on any atom is 0.0934 e. The molecule has 3 heteroatoms. The maximum absolute atomic E-state index is 4.64. The summed E-state index contributed by atoms with van der Waals surface area (Å²) in [5.74, 6) is 0.641. The van der Waals surface area contributed by atoms with Gasteiger partial charge in [0.05, 0.1) is 10.7 Å². The largest absolute Gasteiger partial charge is 0.319 e. The van der Waals surface area contributed by atoms with E-state index in [-0.39, 0.29) is 0 Å². The van der Waals surface area contributed by atoms with Crippen LogP contribution < -0.4 is 5.32 Å². The molecular formula is C13H24N2S. The Hall–Kier alpha value is -0.410. The highest BCUT2D eigenvalue weighted by molar-refractivity contribution is 7.11. The number of nitrogens with one attached hydrogen (secondary N) is 1. The minimum atomic E-state index is 0.330. The van der Waals surface area contributed by atoms with Gasteiger partial charge in [-0.25, -0.2) is 4.98 Å². The molecule has 1 aromatic rings. The Morgan fingerprint density at radius 3 is 2.31 bits per heavy atom. The third kappa shape index (κ3) is 3.56. The smallest absolute Gasteiger partial charge is 0.0934 e. The number of hydrogen-bond acceptors (Lipinski definition) is 3. The molecule has 0 saturated heterocycles. The molecule has 0 saturated carbocycles. The van der Waals surface area contributed by atoms with Gasteiger partial charge < -0.3 is 5.32 Å². The van der Waals surface area contributed by atoms with Gasteiger partial charge in [-0.2, -0.15) is 0 Å². The molecule has 1 heterocycles. The molecule has 1 N–H and O–H groups in total. The second-order valence-corrected chi connectivity index (χ2v) is 6.86. The molecule has 0 aliphatic heterocycles. The summed E-state index contributed by atoms with van der Waals surface area (Å²) < 4.78 is 0. The first kappa shape index (κ1) is 13.7. The summed E-state index contributed by atoms with van der Waals surface area (Å²) >= 11 is 1.85. The highest BCUT2D eigenvalue weighted by atomic mass is 32.1. The van der Waals surface area contributed by atoms with E-state index in [1.54, 1.807) is 0 Å². The molecular weight excluding hydrogens is 216 g/mol. The summed E-state index contributed by atoms with van der Waals surface area (Å²) in [4.78, 5) is 5.99. The van der Waals surface area contributed by atoms with E-state index in [0.717, 1.165) is 13.0 Å². The lowest BCUT2D eigenvalue weighted by atomic mass is 9.79. The third-order valence-corrected chi connectivity index (χ3v) is 4.26. The molecule has 1 rings (SSSR count). The highest BCUT2D eigenvalue weighted by Crippen LogP contribution is 2.30. The van der Waals surface area contributed by atoms with Crippen LogP contribution in [0.25, 0.3) is 0 Å². The van der Waals surface area contributed by atoms with Crippen LogP contribution >= 0.6 is 11.3 Å². The van der Waals surface area contributed by atoms with Crippen LogP contribution in [0.1, 0.15) is 36.3 Å². The van der Waals surface area contributed by atoms with Crippen molar-refractivity contribution in [2.24, 2.45) is 11.3 Å². The summed E-state index contributed by atoms with van der Waals surface area (Å²) in [6, 6.07) is 0. The normalized spacial score (nSPS) is 14.1. The predicted octanol–water partition coefficient (Wildman–Crippen LogP) is 3.18. The molecule has 0 bridgehead atoms. The van der Waals surface area contributed by atoms with E-state index >= 15 is 0 Å². The molecule has 0 aromatic carbocycles. The van der Waals surface area contributed by atoms with Gasteiger partial charge >= 0.3 is 0 Å². The predicted molar refractivity (Wildman–Crippen MR) is 72.2 cm³/mol. The lowest BCUT2D eigenvalue weighted by Gasteiger charge is -2.30. The summed E-state index contributed by atoms with van der Waals surface area (Å²) in [5, 5.41) is 4.58. The van der Waals surface area contributed by atoms with Gasteiger partial charge in [-0.3, -0.25) is 0 Å². The van der Waals surface area contributed by atoms with Gasteiger partial charge in [-0.15, -0.1) is 11.3 Å². The van der Waals surface area contributed by atoms with E-state index in [1.165, 1.54) is 15.6 Å². The first-order valence-corrected chi connectivity index (χ1v) is 6.73. The fourth-order valence-electron chi connectivity index (χ4n) is 1.77. The molecule has 0 amide bonds. The van der Waals surface area contributed by atoms with Crippen LogP contribution in [0.15, 0.2) is 0 Å². The van der Waals surface area contributed by atoms with Crippen LogP contribution in [0.4, 0.5) is 0 Å². The molecule has 0 spiro atoms. The van der Waals surface area contributed by atoms with Crippen molar-refractivity contribution in [1.82, 2.24) is 10.3 Å². The fourth-order valence-corrected chi connectivity index (χ4v) is 2.78. The number of rotatable bonds is 4. The van der Waals surface area contributed by atoms with Crippen molar-refractivity contribution in [3.8, 4) is 0 Å². The lowest BCUT2D eigenvalue weighted by Crippen LogP contribution is -2.31. The van der Waals surface area contributed by atoms with Crippen molar-refractivity contribution in [2.75, 3.05) is 13.6 Å². The average Bonchev–Trinajstić information content (AvgIpc) is 2.44. The zero-order chi connectivity index (χ0) is 12.3. The lowest BCUT2D eigenvalue weighted by molar-refractivity contribution is 0.234. The van der Waals surface area contributed by atoms with Crippen molar-refractivity contribution in [1.29, 1.82) is 0 Å². The molecule has 0 aliphatic rings. The van der Waals surface area contributed by atoms with Gasteiger partial charge in [-0.1, -0.05) is 20.8 Å². The Morgan fingerprint density at radius 1 is 1.31 bits per heavy atom. The van der Waals surface area contributed by atoms with Gasteiger partial charge in [0.1, 0.15) is 0 Å². The Labute approximate surface area is 103 Å². The molecule has 0 radical (unpaired) electrons. The molecule has 1 atom stereocenters. The van der Waals surface area contributed by atoms with Crippen LogP contribution in [-0.4, -0.2) is 18.6 Å². The number of nitrogens with zero attached hydrogens (tertiary/aromatic N) is 1. The van der Waals surface area contributed by atoms with E-state index in [4.69, 9.17) is 0 Å². The van der Waals surface area contributed by atoms with Crippen molar-refractivity contribution < 1.29 is 0 Å². The van der Waals surface area contributed by atoms with Crippen LogP contribution in [0.3, 0.4) is 0 Å². The van der Waals surface area contributed by atoms with E-state index in [1.807, 2.05) is 18.4 Å². The zero-order valence-electron chi connectivity index (χ0n) is 11.3. The van der Waals surface area contributed by atoms with Gasteiger partial charge in [-0.05, 0) is 38.8 Å². The number of hydrogen-bond donors (Lipinski definition) is 1. The molecule has 92 valence electrons. The summed E-state index contributed by atoms with van der Waals surface area (Å²) in [7, 11) is 2.02. The van der Waals surface area contributed by atoms with Crippen molar-refractivity contribution >= 4 is 11.3 Å². The topological polar surface area (TPSA) is 24.9 Å². The van der Waals surface area contributed by atoms with E-state index < -0.39 is 0 Å². The van der Waals surface area contributed by atoms with Crippen molar-refractivity contribution in [3.05, 3.63) is 15.6 Å². The van der Waals surface area contributed by atoms with Crippen LogP contribution in [0.2, 0.25) is 0 Å². The second kappa shape index (κ2) is 5.28. The van der Waals surface area contributed by atoms with Crippen LogP contribution in [0, 0.1) is 25.2 Å². The fraction of sp³-hybridized carbons (Fsp3) is 0.769. The summed E-state index contributed by atoms with van der Waals surface area (Å²) in [6.07, 6.45) is 1.09. The molecule has 0 fully saturated rings. The number of aromatic nitrogens is 1. The SMILES string of the molecule is CNCC(Cc1nc(C)c(C)s1)C(C)(C)C. The molecule has 16 heavy (non-hydrogen) atoms. The summed E-state index contributed by atoms with van der Waals surface area (Å²) in [5.41, 5.74) is 1.52. The Morgan fingerprint density at radius 2 is 1.94 bits per heavy atom. The van der Waals surface area contributed by atoms with Crippen LogP contribution in [0.5, 0.6) is 0 Å². The van der Waals surface area contributed by atoms with Crippen LogP contribution in [-0.2, 0) is 6.42 Å². The van der Waals surface area contributed by atoms with E-state index in [0.29, 0.717) is 11.3 Å². The van der Waals surface area contributed by atoms with Crippen molar-refractivity contribution in [2.45, 2.75) is 41.0 Å². The second-order valence-electron chi connectivity index (χ2n) is 5.57. The zero-order valence-corrected chi connectivity index (χ0v) is 12.2. The summed E-state index contributed by atoms with van der Waals surface area (Å²) in [6.45, 7) is 12.2. The monoisotopic (exact) mass is 240 g/mol. The minimum Gasteiger partial charge on any atom is -0.319 e. The van der Waals surface area contributed by atoms with Gasteiger partial charge in [0, 0.05) is 11.3 Å². The maximum atomic E-state index is 4.64. The van der Waals surface area contributed by atoms with Gasteiger partial charge in [0.15, 0.2) is 0 Å². The third-order valence-electron chi connectivity index (χ3n) is 3.17. The highest BCUT2D eigenvalue weighted by Gasteiger charge is 2.25. The Kier molecular flexibility index (Phi) is 4.51. The molecule has 1 unspecified atom stereocenters. The standard InChI is InChI=1S/C13H24N2S/c1-9-10(2)16-12(15-9)7-11(8-14-6)13(3,4)5/h11,14H,7-8H2,1-6H3. The van der Waals surface area contributed by atoms with Crippen molar-refractivity contribution in [3.63, 3.8) is 0 Å². The van der Waals surface area contributed by atoms with Gasteiger partial charge in [0.25, 0.3) is 0 Å². The number of thiazole rings is 1. The van der Waals surface area contributed by atoms with Gasteiger partial charge in [0.2, 0.25) is 0 Å². The quantitative estimate of drug-likeness (QED) is 0.874. The number of aryl methyl sites for hydroxylation is 2.